The van der Waals surface area contributed by atoms with Crippen molar-refractivity contribution >= 4 is 33.4 Å². The fourth-order valence-corrected chi connectivity index (χ4v) is 3.93. The van der Waals surface area contributed by atoms with Crippen LogP contribution in [-0.2, 0) is 16.1 Å². The molecule has 1 N–H and O–H groups in total. The molecule has 0 radical (unpaired) electrons. The van der Waals surface area contributed by atoms with E-state index in [1.807, 2.05) is 36.4 Å². The van der Waals surface area contributed by atoms with Crippen LogP contribution in [0.4, 0.5) is 0 Å². The first-order valence-corrected chi connectivity index (χ1v) is 9.48. The van der Waals surface area contributed by atoms with Gasteiger partial charge < -0.3 is 9.32 Å². The molecule has 1 fully saturated rings. The molecule has 1 aliphatic heterocycles. The molecule has 140 valence electrons. The van der Waals surface area contributed by atoms with E-state index < -0.39 is 29.4 Å². The molecule has 0 saturated carbocycles. The van der Waals surface area contributed by atoms with Crippen LogP contribution in [0.25, 0.3) is 0 Å². The summed E-state index contributed by atoms with van der Waals surface area (Å²) in [7, 11) is 0. The number of furan rings is 1. The van der Waals surface area contributed by atoms with Crippen molar-refractivity contribution < 1.29 is 23.8 Å². The number of carbonyl (C=O) groups is 3. The molecule has 6 nitrogen and oxygen atoms in total. The second-order valence-electron chi connectivity index (χ2n) is 6.53. The van der Waals surface area contributed by atoms with Crippen molar-refractivity contribution in [3.8, 4) is 0 Å². The summed E-state index contributed by atoms with van der Waals surface area (Å²) in [4.78, 5) is 43.1. The number of nitrogens with zero attached hydrogens (tertiary/aromatic N) is 1. The van der Waals surface area contributed by atoms with Gasteiger partial charge >= 0.3 is 0 Å². The van der Waals surface area contributed by atoms with Gasteiger partial charge in [0.05, 0.1) is 18.8 Å². The predicted molar refractivity (Wildman–Crippen MR) is 102 cm³/mol. The SMILES string of the molecule is O=C1C(=O)N(Cc2ccc[nH+]c2)C(c2cccc(Br)c2)C1C(=O)c1ccco1. The zero-order chi connectivity index (χ0) is 19.7. The minimum atomic E-state index is -1.15. The standard InChI is InChI=1S/C21H15BrN2O4/c22-15-6-1-5-14(10-15)18-17(19(25)16-7-3-9-28-16)20(26)21(27)24(18)12-13-4-2-8-23-11-13/h1-11,17-18H,12H2/p+1. The van der Waals surface area contributed by atoms with Gasteiger partial charge in [0.2, 0.25) is 11.6 Å². The Balaban J connectivity index is 1.79. The maximum absolute atomic E-state index is 13.0. The molecule has 2 unspecified atom stereocenters. The molecule has 0 aliphatic carbocycles. The fraction of sp³-hybridized carbons (Fsp3) is 0.143. The molecule has 2 aromatic heterocycles. The Morgan fingerprint density at radius 1 is 1.14 bits per heavy atom. The van der Waals surface area contributed by atoms with Crippen LogP contribution in [0.15, 0.2) is 76.1 Å². The second-order valence-corrected chi connectivity index (χ2v) is 7.44. The van der Waals surface area contributed by atoms with Gasteiger partial charge in [0.1, 0.15) is 5.92 Å². The minimum Gasteiger partial charge on any atom is -0.461 e. The molecule has 7 heteroatoms. The van der Waals surface area contributed by atoms with Gasteiger partial charge in [-0.1, -0.05) is 28.1 Å². The number of nitrogens with one attached hydrogen (secondary N) is 1. The van der Waals surface area contributed by atoms with Crippen LogP contribution < -0.4 is 4.98 Å². The smallest absolute Gasteiger partial charge is 0.291 e. The highest BCUT2D eigenvalue weighted by Crippen LogP contribution is 2.39. The highest BCUT2D eigenvalue weighted by Gasteiger charge is 2.52. The van der Waals surface area contributed by atoms with Gasteiger partial charge in [-0.05, 0) is 35.9 Å². The number of carbonyl (C=O) groups excluding carboxylic acids is 3. The third-order valence-electron chi connectivity index (χ3n) is 4.77. The molecule has 1 amide bonds. The summed E-state index contributed by atoms with van der Waals surface area (Å²) in [6.07, 6.45) is 4.90. The van der Waals surface area contributed by atoms with Crippen LogP contribution in [0.5, 0.6) is 0 Å². The molecule has 0 bridgehead atoms. The van der Waals surface area contributed by atoms with Crippen molar-refractivity contribution in [3.63, 3.8) is 0 Å². The molecule has 1 aromatic carbocycles. The average molecular weight is 440 g/mol. The zero-order valence-electron chi connectivity index (χ0n) is 14.7. The van der Waals surface area contributed by atoms with Gasteiger partial charge in [-0.15, -0.1) is 0 Å². The van der Waals surface area contributed by atoms with Gasteiger partial charge in [0.15, 0.2) is 18.2 Å². The summed E-state index contributed by atoms with van der Waals surface area (Å²) in [5, 5.41) is 0. The van der Waals surface area contributed by atoms with Gasteiger partial charge in [-0.2, -0.15) is 0 Å². The second kappa shape index (κ2) is 7.52. The van der Waals surface area contributed by atoms with Crippen molar-refractivity contribution in [2.75, 3.05) is 0 Å². The fourth-order valence-electron chi connectivity index (χ4n) is 3.52. The van der Waals surface area contributed by atoms with E-state index in [1.165, 1.54) is 17.2 Å². The lowest BCUT2D eigenvalue weighted by atomic mass is 9.88. The van der Waals surface area contributed by atoms with Crippen molar-refractivity contribution in [3.05, 3.63) is 88.5 Å². The first-order chi connectivity index (χ1) is 13.6. The third-order valence-corrected chi connectivity index (χ3v) is 5.26. The number of halogens is 1. The number of H-pyrrole nitrogens is 1. The quantitative estimate of drug-likeness (QED) is 0.347. The lowest BCUT2D eigenvalue weighted by Gasteiger charge is -2.26. The minimum absolute atomic E-state index is 0.0704. The van der Waals surface area contributed by atoms with Gasteiger partial charge in [-0.3, -0.25) is 14.4 Å². The van der Waals surface area contributed by atoms with Crippen molar-refractivity contribution in [2.24, 2.45) is 5.92 Å². The van der Waals surface area contributed by atoms with Crippen LogP contribution in [0.3, 0.4) is 0 Å². The van der Waals surface area contributed by atoms with E-state index in [9.17, 15) is 14.4 Å². The molecule has 2 atom stereocenters. The summed E-state index contributed by atoms with van der Waals surface area (Å²) < 4.78 is 6.01. The normalized spacial score (nSPS) is 19.2. The van der Waals surface area contributed by atoms with E-state index in [0.717, 1.165) is 10.0 Å². The number of benzene rings is 1. The molecule has 3 heterocycles. The Bertz CT molecular complexity index is 1030. The number of ketones is 2. The van der Waals surface area contributed by atoms with Crippen LogP contribution in [-0.4, -0.2) is 22.4 Å². The molecular weight excluding hydrogens is 424 g/mol. The number of likely N-dealkylation sites (tertiary alicyclic amines) is 1. The summed E-state index contributed by atoms with van der Waals surface area (Å²) >= 11 is 3.43. The molecule has 1 aliphatic rings. The zero-order valence-corrected chi connectivity index (χ0v) is 16.3. The number of rotatable bonds is 5. The van der Waals surface area contributed by atoms with Crippen LogP contribution >= 0.6 is 15.9 Å². The Kier molecular flexibility index (Phi) is 4.92. The van der Waals surface area contributed by atoms with Crippen molar-refractivity contribution in [1.82, 2.24) is 4.90 Å². The van der Waals surface area contributed by atoms with Crippen LogP contribution in [0.2, 0.25) is 0 Å². The van der Waals surface area contributed by atoms with Gasteiger partial charge in [-0.25, -0.2) is 4.98 Å². The van der Waals surface area contributed by atoms with E-state index >= 15 is 0 Å². The number of amides is 1. The van der Waals surface area contributed by atoms with Crippen LogP contribution in [0.1, 0.15) is 27.7 Å². The summed E-state index contributed by atoms with van der Waals surface area (Å²) in [6.45, 7) is 0.209. The first-order valence-electron chi connectivity index (χ1n) is 8.69. The predicted octanol–water partition coefficient (Wildman–Crippen LogP) is 3.01. The number of hydrogen-bond donors (Lipinski definition) is 0. The first kappa shape index (κ1) is 18.3. The topological polar surface area (TPSA) is 81.7 Å². The summed E-state index contributed by atoms with van der Waals surface area (Å²) in [5.74, 6) is -2.96. The highest BCUT2D eigenvalue weighted by atomic mass is 79.9. The summed E-state index contributed by atoms with van der Waals surface area (Å²) in [6, 6.07) is 13.3. The molecule has 3 aromatic rings. The Morgan fingerprint density at radius 3 is 2.68 bits per heavy atom. The maximum atomic E-state index is 13.0. The maximum Gasteiger partial charge on any atom is 0.291 e. The Morgan fingerprint density at radius 2 is 2.00 bits per heavy atom. The summed E-state index contributed by atoms with van der Waals surface area (Å²) in [5.41, 5.74) is 1.54. The molecule has 0 spiro atoms. The molecule has 1 saturated heterocycles. The van der Waals surface area contributed by atoms with E-state index in [-0.39, 0.29) is 12.3 Å². The van der Waals surface area contributed by atoms with E-state index in [4.69, 9.17) is 4.42 Å². The van der Waals surface area contributed by atoms with E-state index in [1.54, 1.807) is 18.5 Å². The Labute approximate surface area is 169 Å². The van der Waals surface area contributed by atoms with Crippen molar-refractivity contribution in [1.29, 1.82) is 0 Å². The number of hydrogen-bond acceptors (Lipinski definition) is 4. The number of aromatic amines is 1. The average Bonchev–Trinajstić information content (AvgIpc) is 3.32. The van der Waals surface area contributed by atoms with Crippen molar-refractivity contribution in [2.45, 2.75) is 12.6 Å². The number of pyridine rings is 1. The van der Waals surface area contributed by atoms with Gasteiger partial charge in [0.25, 0.3) is 5.91 Å². The Hall–Kier alpha value is -3.06. The lowest BCUT2D eigenvalue weighted by Crippen LogP contribution is -2.30. The molecular formula is C21H16BrN2O4+. The number of aromatic nitrogens is 1. The van der Waals surface area contributed by atoms with E-state index in [2.05, 4.69) is 20.9 Å². The highest BCUT2D eigenvalue weighted by molar-refractivity contribution is 9.10. The van der Waals surface area contributed by atoms with Crippen LogP contribution in [0, 0.1) is 5.92 Å². The number of Topliss-reactive ketones (excluding diaryl/α,β-unsaturated/α-hetero) is 2. The largest absolute Gasteiger partial charge is 0.461 e. The monoisotopic (exact) mass is 439 g/mol. The molecule has 4 rings (SSSR count). The van der Waals surface area contributed by atoms with E-state index in [0.29, 0.717) is 5.56 Å². The third kappa shape index (κ3) is 3.29. The molecule has 28 heavy (non-hydrogen) atoms. The van der Waals surface area contributed by atoms with Gasteiger partial charge in [0, 0.05) is 16.1 Å². The lowest BCUT2D eigenvalue weighted by molar-refractivity contribution is -0.378.